The standard InChI is InChI=1S/C28H46O4Si.C21H32O4.C20H28O3/c1-18(29)32-24-10-9-22-25-19(17-31-33(7,8)26(2,3)4)15-20-16-21(30)11-13-27(20,5)23(25)12-14-28(22,24)6;1-20-7-5-15(24)10-14(20)9-13(11-22)19-16-3-4-18(25-12-23)21(16,2)8-6-17(19)20;1-19-9-7-14(22)11-13(19)3-4-15-16-5-6-18(23-12-21)20(16,2)10-8-17(15)19/h16,19,22-25H,9-15,17H2,1-8H3;10,13,16-19,22-23H,3-9,11-12H2,1-2H3;3-4,11,15-18,21H,5-10,12H2,1-2H3/t19?,22?,23?,24-,25?,27-,28-;13?,16?,17?,18-,19?,20-,21-;15?,16?,17?,18-,19-,20-/m000/s1. The van der Waals surface area contributed by atoms with E-state index in [1.54, 1.807) is 6.92 Å². The highest BCUT2D eigenvalue weighted by Crippen LogP contribution is 2.70. The van der Waals surface area contributed by atoms with Gasteiger partial charge in [0, 0.05) is 44.8 Å². The Labute approximate surface area is 488 Å². The third-order valence-electron chi connectivity index (χ3n) is 27.1. The Morgan fingerprint density at radius 3 is 1.52 bits per heavy atom. The van der Waals surface area contributed by atoms with Crippen molar-refractivity contribution < 1.29 is 53.1 Å². The Balaban J connectivity index is 0.000000139. The number of hydrogen-bond acceptors (Lipinski definition) is 11. The van der Waals surface area contributed by atoms with Gasteiger partial charge in [0.1, 0.15) is 19.7 Å². The van der Waals surface area contributed by atoms with Gasteiger partial charge in [-0.1, -0.05) is 85.6 Å². The Hall–Kier alpha value is -2.58. The summed E-state index contributed by atoms with van der Waals surface area (Å²) in [6, 6.07) is 0. The van der Waals surface area contributed by atoms with E-state index in [2.05, 4.69) is 87.6 Å². The number of esters is 1. The normalized spacial score (nSPS) is 45.7. The summed E-state index contributed by atoms with van der Waals surface area (Å²) in [6.45, 7) is 28.1. The molecule has 12 aliphatic carbocycles. The maximum absolute atomic E-state index is 12.4. The van der Waals surface area contributed by atoms with E-state index in [-0.39, 0.29) is 93.7 Å². The van der Waals surface area contributed by atoms with Crippen LogP contribution in [0.1, 0.15) is 198 Å². The minimum absolute atomic E-state index is 0.0422. The van der Waals surface area contributed by atoms with E-state index in [9.17, 15) is 34.5 Å². The fourth-order valence-electron chi connectivity index (χ4n) is 21.3. The van der Waals surface area contributed by atoms with Crippen LogP contribution in [0.25, 0.3) is 0 Å². The topological polar surface area (TPSA) is 166 Å². The van der Waals surface area contributed by atoms with Crippen LogP contribution >= 0.6 is 0 Å². The SMILES string of the molecule is CC(=O)O[C@H]1CCC2C3C(CO[Si](C)(C)C(C)(C)C)CC4=CC(=O)CC[C@]4(C)C3CC[C@@]21C.C[C@]12CCC(=O)C=C1C=CC1C2CC[C@@]2(C)C1CC[C@@H]2OCO.C[C@]12CCC(=O)C=C1CC(CO)C1C2CC[C@@]2(C)C1CC[C@@H]2OCO. The van der Waals surface area contributed by atoms with Crippen LogP contribution in [0.3, 0.4) is 0 Å². The summed E-state index contributed by atoms with van der Waals surface area (Å²) in [5, 5.41) is 28.8. The summed E-state index contributed by atoms with van der Waals surface area (Å²) in [6.07, 6.45) is 31.2. The van der Waals surface area contributed by atoms with Crippen molar-refractivity contribution in [2.75, 3.05) is 26.8 Å². The smallest absolute Gasteiger partial charge is 0.302 e. The van der Waals surface area contributed by atoms with Crippen LogP contribution in [-0.4, -0.2) is 92.1 Å². The van der Waals surface area contributed by atoms with Crippen LogP contribution in [0.2, 0.25) is 18.1 Å². The summed E-state index contributed by atoms with van der Waals surface area (Å²) in [5.41, 5.74) is 4.74. The van der Waals surface area contributed by atoms with Crippen molar-refractivity contribution in [3.8, 4) is 0 Å². The van der Waals surface area contributed by atoms with E-state index in [1.165, 1.54) is 36.0 Å². The Morgan fingerprint density at radius 1 is 0.568 bits per heavy atom. The molecule has 0 bridgehead atoms. The lowest BCUT2D eigenvalue weighted by Crippen LogP contribution is -2.56. The summed E-state index contributed by atoms with van der Waals surface area (Å²) < 4.78 is 24.1. The molecule has 0 saturated heterocycles. The maximum Gasteiger partial charge on any atom is 0.302 e. The molecule has 11 nitrogen and oxygen atoms in total. The van der Waals surface area contributed by atoms with E-state index < -0.39 is 8.32 Å². The highest BCUT2D eigenvalue weighted by atomic mass is 28.4. The predicted octanol–water partition coefficient (Wildman–Crippen LogP) is 13.4. The van der Waals surface area contributed by atoms with Crippen molar-refractivity contribution in [3.05, 3.63) is 47.1 Å². The van der Waals surface area contributed by atoms with Gasteiger partial charge in [-0.15, -0.1) is 0 Å². The third kappa shape index (κ3) is 10.5. The summed E-state index contributed by atoms with van der Waals surface area (Å²) in [7, 11) is -1.86. The summed E-state index contributed by atoms with van der Waals surface area (Å²) in [5.74, 6) is 6.64. The Kier molecular flexibility index (Phi) is 17.2. The molecule has 8 fully saturated rings. The first-order valence-electron chi connectivity index (χ1n) is 32.4. The fourth-order valence-corrected chi connectivity index (χ4v) is 22.3. The number of aliphatic hydroxyl groups excluding tert-OH is 3. The first kappa shape index (κ1) is 61.5. The Morgan fingerprint density at radius 2 is 1.01 bits per heavy atom. The molecule has 11 unspecified atom stereocenters. The number of carbonyl (C=O) groups is 4. The van der Waals surface area contributed by atoms with E-state index in [0.29, 0.717) is 90.0 Å². The molecule has 0 heterocycles. The molecule has 12 rings (SSSR count). The van der Waals surface area contributed by atoms with Gasteiger partial charge < -0.3 is 34.0 Å². The number of aliphatic hydroxyl groups is 3. The average Bonchev–Trinajstić information content (AvgIpc) is 2.66. The van der Waals surface area contributed by atoms with Crippen LogP contribution in [0.5, 0.6) is 0 Å². The molecule has 12 aliphatic rings. The molecule has 0 amide bonds. The fraction of sp³-hybridized carbons (Fsp3) is 0.826. The molecule has 3 N–H and O–H groups in total. The molecule has 12 heteroatoms. The molecule has 0 aliphatic heterocycles. The van der Waals surface area contributed by atoms with Gasteiger partial charge in [-0.3, -0.25) is 19.2 Å². The van der Waals surface area contributed by atoms with E-state index in [1.807, 2.05) is 18.2 Å². The second-order valence-corrected chi connectivity index (χ2v) is 36.3. The number of hydrogen-bond donors (Lipinski definition) is 3. The van der Waals surface area contributed by atoms with E-state index >= 15 is 0 Å². The largest absolute Gasteiger partial charge is 0.462 e. The number of rotatable bonds is 9. The van der Waals surface area contributed by atoms with Crippen LogP contribution in [0.4, 0.5) is 0 Å². The molecule has 81 heavy (non-hydrogen) atoms. The molecule has 0 aromatic heterocycles. The molecule has 452 valence electrons. The van der Waals surface area contributed by atoms with Gasteiger partial charge in [0.25, 0.3) is 0 Å². The average molecular weight is 1140 g/mol. The molecular formula is C69H106O11Si. The van der Waals surface area contributed by atoms with Gasteiger partial charge in [-0.2, -0.15) is 0 Å². The lowest BCUT2D eigenvalue weighted by Gasteiger charge is -2.60. The molecule has 0 radical (unpaired) electrons. The van der Waals surface area contributed by atoms with Crippen LogP contribution in [0, 0.1) is 97.6 Å². The predicted molar refractivity (Wildman–Crippen MR) is 317 cm³/mol. The van der Waals surface area contributed by atoms with Crippen molar-refractivity contribution in [1.82, 2.24) is 0 Å². The molecule has 0 aromatic rings. The minimum atomic E-state index is -1.86. The monoisotopic (exact) mass is 1140 g/mol. The van der Waals surface area contributed by atoms with Gasteiger partial charge >= 0.3 is 5.97 Å². The van der Waals surface area contributed by atoms with Crippen molar-refractivity contribution in [2.24, 2.45) is 97.6 Å². The van der Waals surface area contributed by atoms with Crippen molar-refractivity contribution in [3.63, 3.8) is 0 Å². The van der Waals surface area contributed by atoms with Crippen LogP contribution in [-0.2, 0) is 37.8 Å². The highest BCUT2D eigenvalue weighted by molar-refractivity contribution is 6.74. The number of fused-ring (bicyclic) bond motifs is 15. The van der Waals surface area contributed by atoms with E-state index in [4.69, 9.17) is 18.6 Å². The number of carbonyl (C=O) groups excluding carboxylic acids is 4. The zero-order valence-electron chi connectivity index (χ0n) is 52.0. The second kappa shape index (κ2) is 22.6. The lowest BCUT2D eigenvalue weighted by atomic mass is 9.45. The molecule has 20 atom stereocenters. The van der Waals surface area contributed by atoms with Crippen LogP contribution in [0.15, 0.2) is 47.1 Å². The van der Waals surface area contributed by atoms with Gasteiger partial charge in [0.05, 0.1) is 12.2 Å². The van der Waals surface area contributed by atoms with Gasteiger partial charge in [0.2, 0.25) is 0 Å². The Bertz CT molecular complexity index is 2540. The first-order valence-corrected chi connectivity index (χ1v) is 35.3. The second-order valence-electron chi connectivity index (χ2n) is 31.5. The van der Waals surface area contributed by atoms with Crippen molar-refractivity contribution in [1.29, 1.82) is 0 Å². The summed E-state index contributed by atoms with van der Waals surface area (Å²) >= 11 is 0. The van der Waals surface area contributed by atoms with E-state index in [0.717, 1.165) is 96.5 Å². The third-order valence-corrected chi connectivity index (χ3v) is 31.6. The van der Waals surface area contributed by atoms with Gasteiger partial charge in [0.15, 0.2) is 25.7 Å². The molecular weight excluding hydrogens is 1030 g/mol. The van der Waals surface area contributed by atoms with Crippen LogP contribution < -0.4 is 0 Å². The lowest BCUT2D eigenvalue weighted by molar-refractivity contribution is -0.159. The summed E-state index contributed by atoms with van der Waals surface area (Å²) in [4.78, 5) is 48.1. The number of ketones is 3. The molecule has 0 spiro atoms. The van der Waals surface area contributed by atoms with Crippen molar-refractivity contribution in [2.45, 2.75) is 234 Å². The zero-order chi connectivity index (χ0) is 58.5. The zero-order valence-corrected chi connectivity index (χ0v) is 53.0. The first-order chi connectivity index (χ1) is 38.1. The quantitative estimate of drug-likeness (QED) is 0.114. The van der Waals surface area contributed by atoms with Crippen molar-refractivity contribution >= 4 is 31.6 Å². The minimum Gasteiger partial charge on any atom is -0.462 e. The highest BCUT2D eigenvalue weighted by Gasteiger charge is 2.65. The van der Waals surface area contributed by atoms with Gasteiger partial charge in [-0.25, -0.2) is 0 Å². The maximum atomic E-state index is 12.4. The van der Waals surface area contributed by atoms with Gasteiger partial charge in [-0.05, 0) is 243 Å². The molecule has 0 aromatic carbocycles. The molecule has 8 saturated carbocycles. The number of ether oxygens (including phenoxy) is 3. The number of allylic oxidation sites excluding steroid dienone is 6.